The van der Waals surface area contributed by atoms with E-state index in [0.717, 1.165) is 24.1 Å². The Bertz CT molecular complexity index is 392. The number of nitrogens with zero attached hydrogens (tertiary/aromatic N) is 4. The number of aryl methyl sites for hydroxylation is 1. The van der Waals surface area contributed by atoms with Gasteiger partial charge in [-0.2, -0.15) is 0 Å². The summed E-state index contributed by atoms with van der Waals surface area (Å²) >= 11 is 0. The van der Waals surface area contributed by atoms with Crippen molar-refractivity contribution in [3.63, 3.8) is 0 Å². The number of hydrogen-bond donors (Lipinski definition) is 1. The summed E-state index contributed by atoms with van der Waals surface area (Å²) in [5, 5.41) is 11.9. The minimum absolute atomic E-state index is 0.648. The van der Waals surface area contributed by atoms with Gasteiger partial charge in [-0.1, -0.05) is 0 Å². The quantitative estimate of drug-likeness (QED) is 0.819. The van der Waals surface area contributed by atoms with E-state index in [1.165, 1.54) is 32.5 Å². The van der Waals surface area contributed by atoms with Crippen LogP contribution in [0.15, 0.2) is 0 Å². The van der Waals surface area contributed by atoms with Crippen LogP contribution in [0.2, 0.25) is 0 Å². The molecular formula is C12H21N5. The number of hydrogen-bond acceptors (Lipinski definition) is 4. The van der Waals surface area contributed by atoms with Gasteiger partial charge in [0.05, 0.1) is 6.54 Å². The average molecular weight is 235 g/mol. The summed E-state index contributed by atoms with van der Waals surface area (Å²) in [6.07, 6.45) is 2.71. The van der Waals surface area contributed by atoms with Crippen molar-refractivity contribution in [2.45, 2.75) is 32.4 Å². The highest BCUT2D eigenvalue weighted by Crippen LogP contribution is 2.27. The Kier molecular flexibility index (Phi) is 2.88. The van der Waals surface area contributed by atoms with Crippen molar-refractivity contribution in [3.8, 4) is 0 Å². The molecule has 0 spiro atoms. The standard InChI is InChI=1S/C12H21N5/c1-9-14-15-12(16(9)2)7-13-11-8-17-5-3-10(11)4-6-17/h10-11,13H,3-8H2,1-2H3. The molecule has 1 aromatic heterocycles. The van der Waals surface area contributed by atoms with Gasteiger partial charge in [0.1, 0.15) is 11.6 Å². The highest BCUT2D eigenvalue weighted by atomic mass is 15.3. The molecule has 2 bridgehead atoms. The molecule has 5 heteroatoms. The van der Waals surface area contributed by atoms with E-state index >= 15 is 0 Å². The monoisotopic (exact) mass is 235 g/mol. The zero-order valence-corrected chi connectivity index (χ0v) is 10.7. The summed E-state index contributed by atoms with van der Waals surface area (Å²) in [4.78, 5) is 2.57. The molecule has 0 saturated carbocycles. The van der Waals surface area contributed by atoms with Gasteiger partial charge in [0, 0.05) is 19.6 Å². The summed E-state index contributed by atoms with van der Waals surface area (Å²) in [5.41, 5.74) is 0. The SMILES string of the molecule is Cc1nnc(CNC2CN3CCC2CC3)n1C. The molecule has 1 atom stereocenters. The van der Waals surface area contributed by atoms with Crippen LogP contribution in [0.25, 0.3) is 0 Å². The van der Waals surface area contributed by atoms with Crippen LogP contribution in [0.3, 0.4) is 0 Å². The third-order valence-electron chi connectivity index (χ3n) is 4.36. The van der Waals surface area contributed by atoms with Gasteiger partial charge in [-0.15, -0.1) is 10.2 Å². The van der Waals surface area contributed by atoms with E-state index in [1.807, 2.05) is 14.0 Å². The van der Waals surface area contributed by atoms with Crippen molar-refractivity contribution >= 4 is 0 Å². The maximum absolute atomic E-state index is 4.20. The fourth-order valence-electron chi connectivity index (χ4n) is 3.02. The molecule has 0 radical (unpaired) electrons. The predicted octanol–water partition coefficient (Wildman–Crippen LogP) is 0.307. The van der Waals surface area contributed by atoms with E-state index in [1.54, 1.807) is 0 Å². The first-order valence-electron chi connectivity index (χ1n) is 6.54. The molecule has 1 unspecified atom stereocenters. The molecule has 0 aromatic carbocycles. The maximum Gasteiger partial charge on any atom is 0.146 e. The Morgan fingerprint density at radius 3 is 2.59 bits per heavy atom. The van der Waals surface area contributed by atoms with Gasteiger partial charge in [-0.05, 0) is 38.8 Å². The zero-order valence-electron chi connectivity index (χ0n) is 10.7. The average Bonchev–Trinajstić information content (AvgIpc) is 2.69. The lowest BCUT2D eigenvalue weighted by Crippen LogP contribution is -2.55. The summed E-state index contributed by atoms with van der Waals surface area (Å²) < 4.78 is 2.06. The second-order valence-corrected chi connectivity index (χ2v) is 5.35. The zero-order chi connectivity index (χ0) is 11.8. The summed E-state index contributed by atoms with van der Waals surface area (Å²) in [5.74, 6) is 2.89. The summed E-state index contributed by atoms with van der Waals surface area (Å²) in [7, 11) is 2.03. The lowest BCUT2D eigenvalue weighted by atomic mass is 9.84. The molecule has 17 heavy (non-hydrogen) atoms. The third kappa shape index (κ3) is 2.09. The molecule has 3 aliphatic rings. The number of aromatic nitrogens is 3. The van der Waals surface area contributed by atoms with E-state index in [2.05, 4.69) is 25.0 Å². The van der Waals surface area contributed by atoms with E-state index in [4.69, 9.17) is 0 Å². The Balaban J connectivity index is 1.59. The second-order valence-electron chi connectivity index (χ2n) is 5.35. The Morgan fingerprint density at radius 2 is 2.06 bits per heavy atom. The van der Waals surface area contributed by atoms with E-state index in [0.29, 0.717) is 6.04 Å². The van der Waals surface area contributed by atoms with Crippen LogP contribution < -0.4 is 5.32 Å². The van der Waals surface area contributed by atoms with Crippen LogP contribution in [0.4, 0.5) is 0 Å². The molecule has 4 heterocycles. The molecule has 1 aromatic rings. The minimum atomic E-state index is 0.648. The van der Waals surface area contributed by atoms with Crippen molar-refractivity contribution < 1.29 is 0 Å². The third-order valence-corrected chi connectivity index (χ3v) is 4.36. The molecule has 1 N–H and O–H groups in total. The largest absolute Gasteiger partial charge is 0.317 e. The van der Waals surface area contributed by atoms with E-state index in [-0.39, 0.29) is 0 Å². The summed E-state index contributed by atoms with van der Waals surface area (Å²) in [6, 6.07) is 0.648. The normalized spacial score (nSPS) is 32.0. The van der Waals surface area contributed by atoms with Gasteiger partial charge >= 0.3 is 0 Å². The van der Waals surface area contributed by atoms with Crippen molar-refractivity contribution in [1.29, 1.82) is 0 Å². The molecule has 0 aliphatic carbocycles. The van der Waals surface area contributed by atoms with E-state index < -0.39 is 0 Å². The van der Waals surface area contributed by atoms with Crippen LogP contribution in [0, 0.1) is 12.8 Å². The van der Waals surface area contributed by atoms with Gasteiger partial charge in [0.25, 0.3) is 0 Å². The molecule has 3 fully saturated rings. The van der Waals surface area contributed by atoms with Crippen molar-refractivity contribution in [2.24, 2.45) is 13.0 Å². The Morgan fingerprint density at radius 1 is 1.29 bits per heavy atom. The number of nitrogens with one attached hydrogen (secondary N) is 1. The molecule has 94 valence electrons. The van der Waals surface area contributed by atoms with E-state index in [9.17, 15) is 0 Å². The van der Waals surface area contributed by atoms with Crippen LogP contribution in [-0.2, 0) is 13.6 Å². The van der Waals surface area contributed by atoms with Crippen molar-refractivity contribution in [1.82, 2.24) is 25.0 Å². The minimum Gasteiger partial charge on any atom is -0.317 e. The van der Waals surface area contributed by atoms with Crippen molar-refractivity contribution in [2.75, 3.05) is 19.6 Å². The fraction of sp³-hybridized carbons (Fsp3) is 0.833. The maximum atomic E-state index is 4.20. The van der Waals surface area contributed by atoms with Gasteiger partial charge in [0.15, 0.2) is 0 Å². The molecule has 3 aliphatic heterocycles. The van der Waals surface area contributed by atoms with Gasteiger partial charge in [-0.3, -0.25) is 0 Å². The first-order valence-corrected chi connectivity index (χ1v) is 6.54. The lowest BCUT2D eigenvalue weighted by molar-refractivity contribution is 0.0715. The predicted molar refractivity (Wildman–Crippen MR) is 65.5 cm³/mol. The number of piperidine rings is 3. The molecule has 3 saturated heterocycles. The smallest absolute Gasteiger partial charge is 0.146 e. The van der Waals surface area contributed by atoms with Gasteiger partial charge in [0.2, 0.25) is 0 Å². The fourth-order valence-corrected chi connectivity index (χ4v) is 3.02. The van der Waals surface area contributed by atoms with Crippen LogP contribution in [0.5, 0.6) is 0 Å². The highest BCUT2D eigenvalue weighted by molar-refractivity contribution is 4.95. The van der Waals surface area contributed by atoms with Crippen LogP contribution >= 0.6 is 0 Å². The van der Waals surface area contributed by atoms with Crippen LogP contribution in [0.1, 0.15) is 24.5 Å². The Hall–Kier alpha value is -0.940. The molecule has 5 nitrogen and oxygen atoms in total. The first kappa shape index (κ1) is 11.2. The topological polar surface area (TPSA) is 46.0 Å². The lowest BCUT2D eigenvalue weighted by Gasteiger charge is -2.45. The molecule has 4 rings (SSSR count). The molecule has 0 amide bonds. The number of fused-ring (bicyclic) bond motifs is 3. The first-order chi connectivity index (χ1) is 8.24. The van der Waals surface area contributed by atoms with Gasteiger partial charge < -0.3 is 14.8 Å². The molecular weight excluding hydrogens is 214 g/mol. The number of rotatable bonds is 3. The van der Waals surface area contributed by atoms with Crippen molar-refractivity contribution in [3.05, 3.63) is 11.6 Å². The van der Waals surface area contributed by atoms with Gasteiger partial charge in [-0.25, -0.2) is 0 Å². The summed E-state index contributed by atoms with van der Waals surface area (Å²) in [6.45, 7) is 6.64. The van der Waals surface area contributed by atoms with Crippen LogP contribution in [-0.4, -0.2) is 45.3 Å². The highest BCUT2D eigenvalue weighted by Gasteiger charge is 2.33. The second kappa shape index (κ2) is 4.38. The Labute approximate surface area is 102 Å².